The average Bonchev–Trinajstić information content (AvgIpc) is 3.21. The highest BCUT2D eigenvalue weighted by atomic mass is 16.5. The number of carbonyl (C=O) groups is 4. The normalized spacial score (nSPS) is 22.2. The maximum Gasteiger partial charge on any atom is 0.325 e. The van der Waals surface area contributed by atoms with E-state index in [1.54, 1.807) is 63.4 Å². The highest BCUT2D eigenvalue weighted by Gasteiger charge is 2.51. The zero-order valence-electron chi connectivity index (χ0n) is 17.5. The third-order valence-corrected chi connectivity index (χ3v) is 6.08. The molecule has 2 aliphatic rings. The fourth-order valence-corrected chi connectivity index (χ4v) is 4.11. The van der Waals surface area contributed by atoms with Crippen molar-refractivity contribution >= 4 is 29.3 Å². The van der Waals surface area contributed by atoms with Crippen LogP contribution in [-0.2, 0) is 15.1 Å². The topological polar surface area (TPSA) is 105 Å². The first-order valence-corrected chi connectivity index (χ1v) is 10.1. The summed E-state index contributed by atoms with van der Waals surface area (Å²) in [6, 6.07) is 11.2. The summed E-state index contributed by atoms with van der Waals surface area (Å²) in [5.41, 5.74) is 1.15. The number of rotatable bonds is 6. The number of benzene rings is 2. The molecule has 2 N–H and O–H groups in total. The minimum Gasteiger partial charge on any atom is -0.497 e. The number of fused-ring (bicyclic) bond motifs is 1. The number of anilines is 1. The van der Waals surface area contributed by atoms with Gasteiger partial charge in [-0.2, -0.15) is 0 Å². The molecule has 160 valence electrons. The molecule has 8 heteroatoms. The van der Waals surface area contributed by atoms with Gasteiger partial charge in [0.2, 0.25) is 5.91 Å². The lowest BCUT2D eigenvalue weighted by Gasteiger charge is -2.26. The van der Waals surface area contributed by atoms with Crippen molar-refractivity contribution in [1.82, 2.24) is 10.2 Å². The molecule has 8 nitrogen and oxygen atoms in total. The molecule has 0 spiro atoms. The lowest BCUT2D eigenvalue weighted by Crippen LogP contribution is -2.43. The van der Waals surface area contributed by atoms with E-state index < -0.39 is 17.5 Å². The molecule has 1 fully saturated rings. The first-order chi connectivity index (χ1) is 14.8. The summed E-state index contributed by atoms with van der Waals surface area (Å²) >= 11 is 0. The Bertz CT molecular complexity index is 1090. The third-order valence-electron chi connectivity index (χ3n) is 6.08. The van der Waals surface area contributed by atoms with Gasteiger partial charge in [-0.25, -0.2) is 4.79 Å². The Labute approximate surface area is 179 Å². The summed E-state index contributed by atoms with van der Waals surface area (Å²) in [4.78, 5) is 51.6. The molecule has 2 aromatic rings. The van der Waals surface area contributed by atoms with Crippen LogP contribution in [0.1, 0.15) is 47.7 Å². The minimum absolute atomic E-state index is 0.124. The molecule has 0 bridgehead atoms. The van der Waals surface area contributed by atoms with Gasteiger partial charge in [0.25, 0.3) is 5.91 Å². The van der Waals surface area contributed by atoms with Crippen LogP contribution >= 0.6 is 0 Å². The van der Waals surface area contributed by atoms with Gasteiger partial charge in [-0.3, -0.25) is 19.3 Å². The fraction of sp³-hybridized carbons (Fsp3) is 0.304. The Morgan fingerprint density at radius 1 is 1.13 bits per heavy atom. The number of ketones is 1. The zero-order chi connectivity index (χ0) is 22.3. The van der Waals surface area contributed by atoms with Gasteiger partial charge in [0, 0.05) is 11.3 Å². The zero-order valence-corrected chi connectivity index (χ0v) is 17.5. The quantitative estimate of drug-likeness (QED) is 0.551. The van der Waals surface area contributed by atoms with Crippen LogP contribution in [0.3, 0.4) is 0 Å². The molecule has 1 saturated heterocycles. The number of nitrogens with one attached hydrogen (secondary N) is 2. The molecule has 0 saturated carbocycles. The fourth-order valence-electron chi connectivity index (χ4n) is 4.11. The van der Waals surface area contributed by atoms with Crippen LogP contribution < -0.4 is 15.4 Å². The van der Waals surface area contributed by atoms with Crippen LogP contribution in [0.2, 0.25) is 0 Å². The Morgan fingerprint density at radius 2 is 1.84 bits per heavy atom. The number of amides is 4. The smallest absolute Gasteiger partial charge is 0.325 e. The molecular formula is C23H23N3O5. The second kappa shape index (κ2) is 7.54. The average molecular weight is 421 g/mol. The Hall–Kier alpha value is -3.68. The predicted molar refractivity (Wildman–Crippen MR) is 113 cm³/mol. The molecule has 4 rings (SSSR count). The van der Waals surface area contributed by atoms with Gasteiger partial charge in [0.1, 0.15) is 11.3 Å². The summed E-state index contributed by atoms with van der Waals surface area (Å²) in [7, 11) is 1.55. The first kappa shape index (κ1) is 20.6. The van der Waals surface area contributed by atoms with Crippen molar-refractivity contribution in [2.45, 2.75) is 31.7 Å². The SMILES string of the molecule is CC[C@@]1(c2ccc(OC)cc2)NC(=O)N(CC(=O)c2ccc3c(c2)[C@H](C)C(=O)N3)C1=O. The van der Waals surface area contributed by atoms with Gasteiger partial charge < -0.3 is 15.4 Å². The molecule has 0 unspecified atom stereocenters. The van der Waals surface area contributed by atoms with E-state index in [9.17, 15) is 19.2 Å². The summed E-state index contributed by atoms with van der Waals surface area (Å²) in [5.74, 6) is -0.690. The van der Waals surface area contributed by atoms with Gasteiger partial charge in [0.15, 0.2) is 5.78 Å². The second-order valence-electron chi connectivity index (χ2n) is 7.74. The second-order valence-corrected chi connectivity index (χ2v) is 7.74. The highest BCUT2D eigenvalue weighted by Crippen LogP contribution is 2.35. The molecule has 31 heavy (non-hydrogen) atoms. The van der Waals surface area contributed by atoms with Crippen molar-refractivity contribution in [1.29, 1.82) is 0 Å². The van der Waals surface area contributed by atoms with Crippen molar-refractivity contribution < 1.29 is 23.9 Å². The summed E-state index contributed by atoms with van der Waals surface area (Å²) in [6.45, 7) is 3.19. The Morgan fingerprint density at radius 3 is 2.48 bits per heavy atom. The first-order valence-electron chi connectivity index (χ1n) is 10.1. The van der Waals surface area contributed by atoms with E-state index in [4.69, 9.17) is 4.74 Å². The third kappa shape index (κ3) is 3.24. The van der Waals surface area contributed by atoms with Crippen molar-refractivity contribution in [3.63, 3.8) is 0 Å². The number of Topliss-reactive ketones (excluding diaryl/α,β-unsaturated/α-hetero) is 1. The van der Waals surface area contributed by atoms with Gasteiger partial charge in [0.05, 0.1) is 19.6 Å². The predicted octanol–water partition coefficient (Wildman–Crippen LogP) is 2.79. The van der Waals surface area contributed by atoms with Crippen molar-refractivity contribution in [2.24, 2.45) is 0 Å². The number of imide groups is 1. The number of hydrogen-bond donors (Lipinski definition) is 2. The molecule has 0 radical (unpaired) electrons. The monoisotopic (exact) mass is 421 g/mol. The number of urea groups is 1. The van der Waals surface area contributed by atoms with Crippen LogP contribution in [0.4, 0.5) is 10.5 Å². The van der Waals surface area contributed by atoms with E-state index in [1.807, 2.05) is 0 Å². The van der Waals surface area contributed by atoms with Crippen LogP contribution in [-0.4, -0.2) is 42.2 Å². The number of hydrogen-bond acceptors (Lipinski definition) is 5. The van der Waals surface area contributed by atoms with Crippen LogP contribution in [0, 0.1) is 0 Å². The molecule has 2 atom stereocenters. The Kier molecular flexibility index (Phi) is 5.00. The van der Waals surface area contributed by atoms with Crippen LogP contribution in [0.15, 0.2) is 42.5 Å². The van der Waals surface area contributed by atoms with Crippen LogP contribution in [0.5, 0.6) is 5.75 Å². The highest BCUT2D eigenvalue weighted by molar-refractivity contribution is 6.12. The van der Waals surface area contributed by atoms with E-state index in [1.165, 1.54) is 0 Å². The minimum atomic E-state index is -1.23. The molecule has 2 heterocycles. The summed E-state index contributed by atoms with van der Waals surface area (Å²) in [6.07, 6.45) is 0.332. The maximum absolute atomic E-state index is 13.3. The maximum atomic E-state index is 13.3. The van der Waals surface area contributed by atoms with E-state index in [0.717, 1.165) is 10.5 Å². The van der Waals surface area contributed by atoms with Gasteiger partial charge in [-0.1, -0.05) is 19.1 Å². The number of nitrogens with zero attached hydrogens (tertiary/aromatic N) is 1. The molecule has 2 aliphatic heterocycles. The lowest BCUT2D eigenvalue weighted by atomic mass is 9.87. The van der Waals surface area contributed by atoms with E-state index in [0.29, 0.717) is 29.0 Å². The van der Waals surface area contributed by atoms with E-state index in [-0.39, 0.29) is 24.2 Å². The molecular weight excluding hydrogens is 398 g/mol. The largest absolute Gasteiger partial charge is 0.497 e. The van der Waals surface area contributed by atoms with Gasteiger partial charge in [-0.05, 0) is 54.8 Å². The van der Waals surface area contributed by atoms with Gasteiger partial charge in [-0.15, -0.1) is 0 Å². The van der Waals surface area contributed by atoms with Gasteiger partial charge >= 0.3 is 6.03 Å². The molecule has 4 amide bonds. The summed E-state index contributed by atoms with van der Waals surface area (Å²) in [5, 5.41) is 5.53. The number of methoxy groups -OCH3 is 1. The molecule has 2 aromatic carbocycles. The Balaban J connectivity index is 1.58. The summed E-state index contributed by atoms with van der Waals surface area (Å²) < 4.78 is 5.16. The van der Waals surface area contributed by atoms with E-state index >= 15 is 0 Å². The molecule has 0 aliphatic carbocycles. The lowest BCUT2D eigenvalue weighted by molar-refractivity contribution is -0.131. The van der Waals surface area contributed by atoms with Crippen molar-refractivity contribution in [2.75, 3.05) is 19.0 Å². The number of ether oxygens (including phenoxy) is 1. The van der Waals surface area contributed by atoms with Crippen molar-refractivity contribution in [3.8, 4) is 5.75 Å². The number of carbonyl (C=O) groups excluding carboxylic acids is 4. The van der Waals surface area contributed by atoms with Crippen LogP contribution in [0.25, 0.3) is 0 Å². The molecule has 0 aromatic heterocycles. The van der Waals surface area contributed by atoms with E-state index in [2.05, 4.69) is 10.6 Å². The van der Waals surface area contributed by atoms with Crippen molar-refractivity contribution in [3.05, 3.63) is 59.2 Å². The standard InChI is InChI=1S/C23H23N3O5/c1-4-23(15-6-8-16(31-3)9-7-15)21(29)26(22(30)25-23)12-19(27)14-5-10-18-17(11-14)13(2)20(28)24-18/h5-11,13H,4,12H2,1-3H3,(H,24,28)(H,25,30)/t13-,23-/m0/s1.